The van der Waals surface area contributed by atoms with Crippen LogP contribution in [0.25, 0.3) is 0 Å². The maximum atomic E-state index is 13.2. The Kier molecular flexibility index (Phi) is 7.23. The van der Waals surface area contributed by atoms with E-state index in [0.717, 1.165) is 12.0 Å². The summed E-state index contributed by atoms with van der Waals surface area (Å²) in [7, 11) is -1.29. The summed E-state index contributed by atoms with van der Waals surface area (Å²) in [4.78, 5) is 26.5. The number of hydrogen-bond donors (Lipinski definition) is 1. The molecule has 3 aromatic rings. The Morgan fingerprint density at radius 1 is 1.00 bits per heavy atom. The molecule has 1 N–H and O–H groups in total. The van der Waals surface area contributed by atoms with Crippen LogP contribution >= 0.6 is 11.6 Å². The van der Waals surface area contributed by atoms with Gasteiger partial charge in [-0.15, -0.1) is 0 Å². The highest BCUT2D eigenvalue weighted by atomic mass is 35.5. The van der Waals surface area contributed by atoms with Gasteiger partial charge in [-0.1, -0.05) is 11.6 Å². The topological polar surface area (TPSA) is 102 Å². The molecule has 0 unspecified atom stereocenters. The molecule has 188 valence electrons. The summed E-state index contributed by atoms with van der Waals surface area (Å²) in [6.45, 7) is 2.29. The summed E-state index contributed by atoms with van der Waals surface area (Å²) in [5.41, 5.74) is 3.41. The number of amides is 1. The quantitative estimate of drug-likeness (QED) is 0.459. The number of nitrogens with zero attached hydrogens (tertiary/aromatic N) is 1. The monoisotopic (exact) mass is 528 g/mol. The second-order valence-corrected chi connectivity index (χ2v) is 10.4. The number of halogens is 1. The Labute approximate surface area is 214 Å². The van der Waals surface area contributed by atoms with Crippen molar-refractivity contribution in [2.75, 3.05) is 30.4 Å². The number of ether oxygens (including phenoxy) is 2. The number of aryl methyl sites for hydroxylation is 2. The van der Waals surface area contributed by atoms with Crippen molar-refractivity contribution in [2.24, 2.45) is 0 Å². The molecule has 0 aromatic heterocycles. The zero-order valence-corrected chi connectivity index (χ0v) is 21.6. The first kappa shape index (κ1) is 25.5. The second-order valence-electron chi connectivity index (χ2n) is 8.33. The second kappa shape index (κ2) is 10.2. The molecule has 1 aliphatic rings. The number of sulfonamides is 1. The minimum atomic E-state index is -3.99. The van der Waals surface area contributed by atoms with Crippen LogP contribution in [0.2, 0.25) is 5.02 Å². The summed E-state index contributed by atoms with van der Waals surface area (Å²) < 4.78 is 38.8. The number of rotatable bonds is 6. The Morgan fingerprint density at radius 2 is 1.69 bits per heavy atom. The van der Waals surface area contributed by atoms with E-state index in [1.807, 2.05) is 0 Å². The lowest BCUT2D eigenvalue weighted by atomic mass is 10.00. The third kappa shape index (κ3) is 5.03. The number of carbonyl (C=O) groups is 2. The number of nitrogens with one attached hydrogen (secondary N) is 1. The van der Waals surface area contributed by atoms with Crippen LogP contribution in [0.1, 0.15) is 38.3 Å². The molecule has 0 spiro atoms. The van der Waals surface area contributed by atoms with Gasteiger partial charge < -0.3 is 14.4 Å². The largest absolute Gasteiger partial charge is 0.495 e. The molecule has 36 heavy (non-hydrogen) atoms. The lowest BCUT2D eigenvalue weighted by molar-refractivity contribution is 0.0600. The van der Waals surface area contributed by atoms with Gasteiger partial charge in [0.2, 0.25) is 0 Å². The van der Waals surface area contributed by atoms with E-state index in [-0.39, 0.29) is 16.6 Å². The average Bonchev–Trinajstić information content (AvgIpc) is 2.88. The number of benzene rings is 3. The maximum Gasteiger partial charge on any atom is 0.337 e. The number of esters is 1. The van der Waals surface area contributed by atoms with Crippen molar-refractivity contribution in [3.05, 3.63) is 81.9 Å². The van der Waals surface area contributed by atoms with Gasteiger partial charge in [0.25, 0.3) is 15.9 Å². The van der Waals surface area contributed by atoms with Crippen LogP contribution in [0, 0.1) is 6.92 Å². The summed E-state index contributed by atoms with van der Waals surface area (Å²) in [5.74, 6) is -0.491. The normalized spacial score (nSPS) is 13.1. The highest BCUT2D eigenvalue weighted by molar-refractivity contribution is 7.92. The fourth-order valence-electron chi connectivity index (χ4n) is 4.11. The van der Waals surface area contributed by atoms with Gasteiger partial charge in [-0.05, 0) is 85.5 Å². The minimum absolute atomic E-state index is 0.0643. The Bertz CT molecular complexity index is 1440. The highest BCUT2D eigenvalue weighted by Gasteiger charge is 2.26. The van der Waals surface area contributed by atoms with E-state index < -0.39 is 16.0 Å². The zero-order chi connectivity index (χ0) is 26.0. The molecule has 0 atom stereocenters. The summed E-state index contributed by atoms with van der Waals surface area (Å²) in [6, 6.07) is 14.3. The molecule has 0 aliphatic carbocycles. The third-order valence-corrected chi connectivity index (χ3v) is 7.79. The van der Waals surface area contributed by atoms with Gasteiger partial charge >= 0.3 is 5.97 Å². The number of anilines is 2. The Morgan fingerprint density at radius 3 is 2.36 bits per heavy atom. The molecule has 4 rings (SSSR count). The van der Waals surface area contributed by atoms with Crippen LogP contribution in [0.15, 0.2) is 59.5 Å². The van der Waals surface area contributed by atoms with Crippen molar-refractivity contribution in [3.8, 4) is 5.75 Å². The van der Waals surface area contributed by atoms with E-state index in [2.05, 4.69) is 4.72 Å². The van der Waals surface area contributed by atoms with Gasteiger partial charge in [0.15, 0.2) is 0 Å². The Balaban J connectivity index is 1.59. The lowest BCUT2D eigenvalue weighted by Crippen LogP contribution is -2.35. The Hall–Kier alpha value is -3.56. The fraction of sp³-hybridized carbons (Fsp3) is 0.231. The van der Waals surface area contributed by atoms with Gasteiger partial charge in [0, 0.05) is 28.5 Å². The average molecular weight is 529 g/mol. The van der Waals surface area contributed by atoms with Gasteiger partial charge in [-0.25, -0.2) is 13.2 Å². The molecule has 0 saturated heterocycles. The minimum Gasteiger partial charge on any atom is -0.495 e. The van der Waals surface area contributed by atoms with Gasteiger partial charge in [-0.2, -0.15) is 0 Å². The molecule has 8 nitrogen and oxygen atoms in total. The number of carbonyl (C=O) groups excluding carboxylic acids is 2. The molecule has 3 aromatic carbocycles. The summed E-state index contributed by atoms with van der Waals surface area (Å²) in [6.07, 6.45) is 1.41. The summed E-state index contributed by atoms with van der Waals surface area (Å²) in [5, 5.41) is 0.315. The number of methoxy groups -OCH3 is 2. The molecule has 0 saturated carbocycles. The maximum absolute atomic E-state index is 13.2. The molecular weight excluding hydrogens is 504 g/mol. The molecule has 0 radical (unpaired) electrons. The van der Waals surface area contributed by atoms with Crippen LogP contribution < -0.4 is 14.4 Å². The van der Waals surface area contributed by atoms with Gasteiger partial charge in [0.1, 0.15) is 10.6 Å². The van der Waals surface area contributed by atoms with Crippen LogP contribution in [0.3, 0.4) is 0 Å². The van der Waals surface area contributed by atoms with E-state index in [1.165, 1.54) is 20.3 Å². The third-order valence-electron chi connectivity index (χ3n) is 5.98. The van der Waals surface area contributed by atoms with Crippen molar-refractivity contribution >= 4 is 44.9 Å². The van der Waals surface area contributed by atoms with Gasteiger partial charge in [-0.3, -0.25) is 9.52 Å². The van der Waals surface area contributed by atoms with Crippen molar-refractivity contribution in [2.45, 2.75) is 24.7 Å². The van der Waals surface area contributed by atoms with Gasteiger partial charge in [0.05, 0.1) is 19.8 Å². The molecule has 0 bridgehead atoms. The molecule has 10 heteroatoms. The first-order valence-electron chi connectivity index (χ1n) is 11.1. The van der Waals surface area contributed by atoms with E-state index in [4.69, 9.17) is 21.1 Å². The molecule has 1 heterocycles. The fourth-order valence-corrected chi connectivity index (χ4v) is 5.57. The lowest BCUT2D eigenvalue weighted by Gasteiger charge is -2.30. The molecule has 1 amide bonds. The first-order valence-corrected chi connectivity index (χ1v) is 13.0. The van der Waals surface area contributed by atoms with Crippen LogP contribution in [-0.4, -0.2) is 41.1 Å². The van der Waals surface area contributed by atoms with Crippen molar-refractivity contribution in [1.29, 1.82) is 0 Å². The smallest absolute Gasteiger partial charge is 0.337 e. The van der Waals surface area contributed by atoms with Crippen molar-refractivity contribution in [3.63, 3.8) is 0 Å². The van der Waals surface area contributed by atoms with Crippen molar-refractivity contribution < 1.29 is 27.5 Å². The first-order chi connectivity index (χ1) is 17.1. The standard InChI is InChI=1S/C26H25ClN2O6S/c1-16-13-23(34-2)24(15-21(16)27)36(32,33)28-20-10-11-22-19(14-20)5-4-12-29(22)25(30)17-6-8-18(9-7-17)26(31)35-3/h6-11,13-15,28H,4-5,12H2,1-3H3. The van der Waals surface area contributed by atoms with E-state index in [0.29, 0.717) is 46.1 Å². The highest BCUT2D eigenvalue weighted by Crippen LogP contribution is 2.34. The van der Waals surface area contributed by atoms with Crippen LogP contribution in [0.4, 0.5) is 11.4 Å². The van der Waals surface area contributed by atoms with E-state index in [9.17, 15) is 18.0 Å². The predicted molar refractivity (Wildman–Crippen MR) is 138 cm³/mol. The number of fused-ring (bicyclic) bond motifs is 1. The van der Waals surface area contributed by atoms with Crippen molar-refractivity contribution in [1.82, 2.24) is 0 Å². The number of hydrogen-bond acceptors (Lipinski definition) is 6. The summed E-state index contributed by atoms with van der Waals surface area (Å²) >= 11 is 6.17. The predicted octanol–water partition coefficient (Wildman–Crippen LogP) is 4.84. The van der Waals surface area contributed by atoms with Crippen LogP contribution in [0.5, 0.6) is 5.75 Å². The molecular formula is C26H25ClN2O6S. The zero-order valence-electron chi connectivity index (χ0n) is 20.0. The van der Waals surface area contributed by atoms with E-state index >= 15 is 0 Å². The molecule has 0 fully saturated rings. The molecule has 1 aliphatic heterocycles. The van der Waals surface area contributed by atoms with Crippen LogP contribution in [-0.2, 0) is 21.2 Å². The van der Waals surface area contributed by atoms with E-state index in [1.54, 1.807) is 60.4 Å². The SMILES string of the molecule is COC(=O)c1ccc(C(=O)N2CCCc3cc(NS(=O)(=O)c4cc(Cl)c(C)cc4OC)ccc32)cc1.